The highest BCUT2D eigenvalue weighted by Gasteiger charge is 2.36. The molecule has 1 unspecified atom stereocenters. The minimum Gasteiger partial charge on any atom is -0.496 e. The van der Waals surface area contributed by atoms with Crippen LogP contribution in [0.1, 0.15) is 17.4 Å². The Kier molecular flexibility index (Phi) is 5.92. The molecule has 7 nitrogen and oxygen atoms in total. The number of amides is 1. The van der Waals surface area contributed by atoms with Crippen molar-refractivity contribution in [2.24, 2.45) is 0 Å². The molecule has 2 aromatic rings. The molecule has 0 radical (unpaired) electrons. The van der Waals surface area contributed by atoms with Crippen LogP contribution >= 0.6 is 11.8 Å². The first-order chi connectivity index (χ1) is 12.7. The first-order valence-corrected chi connectivity index (χ1v) is 9.39. The maximum atomic E-state index is 12.5. The maximum Gasteiger partial charge on any atom is 0.233 e. The van der Waals surface area contributed by atoms with Gasteiger partial charge in [0.15, 0.2) is 0 Å². The summed E-state index contributed by atoms with van der Waals surface area (Å²) in [6.07, 6.45) is 6.31. The summed E-state index contributed by atoms with van der Waals surface area (Å²) in [5, 5.41) is -0.138. The number of imidazole rings is 1. The highest BCUT2D eigenvalue weighted by molar-refractivity contribution is 8.00. The Bertz CT molecular complexity index is 726. The fourth-order valence-electron chi connectivity index (χ4n) is 3.05. The zero-order valence-corrected chi connectivity index (χ0v) is 16.0. The van der Waals surface area contributed by atoms with Gasteiger partial charge in [0.25, 0.3) is 0 Å². The summed E-state index contributed by atoms with van der Waals surface area (Å²) < 4.78 is 18.5. The summed E-state index contributed by atoms with van der Waals surface area (Å²) in [6, 6.07) is 3.65. The van der Waals surface area contributed by atoms with Gasteiger partial charge in [0.1, 0.15) is 22.6 Å². The molecule has 2 heterocycles. The largest absolute Gasteiger partial charge is 0.496 e. The second-order valence-electron chi connectivity index (χ2n) is 5.85. The Morgan fingerprint density at radius 3 is 2.46 bits per heavy atom. The average Bonchev–Trinajstić information content (AvgIpc) is 3.31. The van der Waals surface area contributed by atoms with Gasteiger partial charge >= 0.3 is 0 Å². The van der Waals surface area contributed by atoms with Gasteiger partial charge < -0.3 is 23.7 Å². The molecule has 1 aromatic heterocycles. The fraction of sp³-hybridized carbons (Fsp3) is 0.444. The maximum absolute atomic E-state index is 12.5. The van der Waals surface area contributed by atoms with Crippen LogP contribution in [0.3, 0.4) is 0 Å². The molecule has 140 valence electrons. The molecule has 1 aliphatic heterocycles. The van der Waals surface area contributed by atoms with E-state index < -0.39 is 0 Å². The highest BCUT2D eigenvalue weighted by atomic mass is 32.2. The molecule has 1 atom stereocenters. The van der Waals surface area contributed by atoms with E-state index in [1.165, 1.54) is 0 Å². The second kappa shape index (κ2) is 8.35. The molecule has 1 aromatic carbocycles. The molecule has 8 heteroatoms. The molecule has 0 saturated carbocycles. The van der Waals surface area contributed by atoms with Crippen LogP contribution < -0.4 is 14.2 Å². The lowest BCUT2D eigenvalue weighted by atomic mass is 10.1. The molecule has 0 aliphatic carbocycles. The molecule has 1 saturated heterocycles. The number of carbonyl (C=O) groups is 1. The van der Waals surface area contributed by atoms with Crippen LogP contribution in [0, 0.1) is 0 Å². The van der Waals surface area contributed by atoms with Gasteiger partial charge in [-0.3, -0.25) is 4.79 Å². The molecule has 0 N–H and O–H groups in total. The highest BCUT2D eigenvalue weighted by Crippen LogP contribution is 2.48. The van der Waals surface area contributed by atoms with Gasteiger partial charge in [-0.15, -0.1) is 11.8 Å². The van der Waals surface area contributed by atoms with E-state index in [1.807, 2.05) is 27.8 Å². The minimum atomic E-state index is -0.138. The second-order valence-corrected chi connectivity index (χ2v) is 6.92. The van der Waals surface area contributed by atoms with Gasteiger partial charge in [0.2, 0.25) is 5.91 Å². The number of methoxy groups -OCH3 is 3. The molecule has 1 fully saturated rings. The third kappa shape index (κ3) is 3.75. The van der Waals surface area contributed by atoms with Crippen molar-refractivity contribution < 1.29 is 19.0 Å². The Hall–Kier alpha value is -2.35. The molecule has 1 amide bonds. The van der Waals surface area contributed by atoms with E-state index in [2.05, 4.69) is 4.98 Å². The van der Waals surface area contributed by atoms with Gasteiger partial charge in [-0.05, 0) is 6.42 Å². The number of aromatic nitrogens is 2. The van der Waals surface area contributed by atoms with E-state index >= 15 is 0 Å². The van der Waals surface area contributed by atoms with Gasteiger partial charge in [0.05, 0.1) is 39.0 Å². The molecule has 1 aliphatic rings. The normalized spacial score (nSPS) is 16.8. The van der Waals surface area contributed by atoms with Crippen LogP contribution in [0.5, 0.6) is 17.2 Å². The van der Waals surface area contributed by atoms with E-state index in [1.54, 1.807) is 45.6 Å². The number of nitrogens with zero attached hydrogens (tertiary/aromatic N) is 3. The van der Waals surface area contributed by atoms with Crippen LogP contribution in [-0.4, -0.2) is 54.0 Å². The molecular weight excluding hydrogens is 354 g/mol. The number of aryl methyl sites for hydroxylation is 1. The zero-order valence-electron chi connectivity index (χ0n) is 15.2. The third-order valence-corrected chi connectivity index (χ3v) is 5.56. The first-order valence-electron chi connectivity index (χ1n) is 8.34. The summed E-state index contributed by atoms with van der Waals surface area (Å²) in [7, 11) is 4.83. The van der Waals surface area contributed by atoms with Gasteiger partial charge in [0, 0.05) is 37.6 Å². The molecule has 3 rings (SSSR count). The Labute approximate surface area is 157 Å². The van der Waals surface area contributed by atoms with E-state index in [0.29, 0.717) is 29.5 Å². The van der Waals surface area contributed by atoms with E-state index in [-0.39, 0.29) is 11.3 Å². The predicted molar refractivity (Wildman–Crippen MR) is 99.9 cm³/mol. The molecular formula is C18H23N3O4S. The zero-order chi connectivity index (χ0) is 18.5. The van der Waals surface area contributed by atoms with Crippen LogP contribution in [-0.2, 0) is 11.3 Å². The Morgan fingerprint density at radius 2 is 1.88 bits per heavy atom. The first kappa shape index (κ1) is 18.4. The van der Waals surface area contributed by atoms with Gasteiger partial charge in [-0.2, -0.15) is 0 Å². The number of hydrogen-bond donors (Lipinski definition) is 0. The molecule has 0 bridgehead atoms. The van der Waals surface area contributed by atoms with E-state index in [9.17, 15) is 4.79 Å². The quantitative estimate of drug-likeness (QED) is 0.704. The Balaban J connectivity index is 1.83. The summed E-state index contributed by atoms with van der Waals surface area (Å²) in [5.41, 5.74) is 0.870. The smallest absolute Gasteiger partial charge is 0.233 e. The molecule has 0 spiro atoms. The fourth-order valence-corrected chi connectivity index (χ4v) is 4.32. The van der Waals surface area contributed by atoms with Gasteiger partial charge in [-0.25, -0.2) is 4.98 Å². The summed E-state index contributed by atoms with van der Waals surface area (Å²) >= 11 is 1.59. The molecule has 26 heavy (non-hydrogen) atoms. The van der Waals surface area contributed by atoms with Crippen molar-refractivity contribution >= 4 is 17.7 Å². The SMILES string of the molecule is COc1cc(OC)c(C2SCC(=O)N2CCCn2ccnc2)c(OC)c1. The number of rotatable bonds is 8. The summed E-state index contributed by atoms with van der Waals surface area (Å²) in [5.74, 6) is 2.56. The van der Waals surface area contributed by atoms with Crippen molar-refractivity contribution in [3.05, 3.63) is 36.4 Å². The summed E-state index contributed by atoms with van der Waals surface area (Å²) in [4.78, 5) is 18.4. The predicted octanol–water partition coefficient (Wildman–Crippen LogP) is 2.57. The monoisotopic (exact) mass is 377 g/mol. The van der Waals surface area contributed by atoms with Crippen molar-refractivity contribution in [2.75, 3.05) is 33.6 Å². The van der Waals surface area contributed by atoms with Crippen LogP contribution in [0.25, 0.3) is 0 Å². The van der Waals surface area contributed by atoms with Crippen LogP contribution in [0.2, 0.25) is 0 Å². The third-order valence-electron chi connectivity index (χ3n) is 4.34. The van der Waals surface area contributed by atoms with Crippen LogP contribution in [0.15, 0.2) is 30.9 Å². The number of benzene rings is 1. The van der Waals surface area contributed by atoms with Crippen LogP contribution in [0.4, 0.5) is 0 Å². The van der Waals surface area contributed by atoms with Crippen molar-refractivity contribution in [1.82, 2.24) is 14.5 Å². The van der Waals surface area contributed by atoms with Crippen molar-refractivity contribution in [2.45, 2.75) is 18.3 Å². The van der Waals surface area contributed by atoms with Gasteiger partial charge in [-0.1, -0.05) is 0 Å². The lowest BCUT2D eigenvalue weighted by Gasteiger charge is -2.27. The van der Waals surface area contributed by atoms with Crippen molar-refractivity contribution in [3.63, 3.8) is 0 Å². The topological polar surface area (TPSA) is 65.8 Å². The number of hydrogen-bond acceptors (Lipinski definition) is 6. The number of ether oxygens (including phenoxy) is 3. The average molecular weight is 377 g/mol. The van der Waals surface area contributed by atoms with Crippen molar-refractivity contribution in [3.8, 4) is 17.2 Å². The lowest BCUT2D eigenvalue weighted by Crippen LogP contribution is -2.30. The number of carbonyl (C=O) groups excluding carboxylic acids is 1. The minimum absolute atomic E-state index is 0.130. The summed E-state index contributed by atoms with van der Waals surface area (Å²) in [6.45, 7) is 1.48. The standard InChI is InChI=1S/C18H23N3O4S/c1-23-13-9-14(24-2)17(15(10-13)25-3)18-21(16(22)11-26-18)7-4-6-20-8-5-19-12-20/h5,8-10,12,18H,4,6-7,11H2,1-3H3. The van der Waals surface area contributed by atoms with Crippen molar-refractivity contribution in [1.29, 1.82) is 0 Å². The number of thioether (sulfide) groups is 1. The van der Waals surface area contributed by atoms with E-state index in [0.717, 1.165) is 18.5 Å². The van der Waals surface area contributed by atoms with E-state index in [4.69, 9.17) is 14.2 Å². The Morgan fingerprint density at radius 1 is 1.15 bits per heavy atom. The lowest BCUT2D eigenvalue weighted by molar-refractivity contribution is -0.128.